The highest BCUT2D eigenvalue weighted by atomic mass is 16.5. The van der Waals surface area contributed by atoms with Gasteiger partial charge in [0, 0.05) is 30.7 Å². The van der Waals surface area contributed by atoms with Crippen molar-refractivity contribution in [3.8, 4) is 17.2 Å². The number of benzene rings is 3. The highest BCUT2D eigenvalue weighted by Crippen LogP contribution is 2.55. The number of aliphatic imine (C=N–C) groups is 1. The van der Waals surface area contributed by atoms with Gasteiger partial charge in [0.2, 0.25) is 0 Å². The quantitative estimate of drug-likeness (QED) is 0.244. The van der Waals surface area contributed by atoms with Crippen LogP contribution in [0.2, 0.25) is 0 Å². The van der Waals surface area contributed by atoms with Gasteiger partial charge in [-0.25, -0.2) is 9.98 Å². The molecule has 2 aliphatic carbocycles. The second-order valence-corrected chi connectivity index (χ2v) is 12.2. The van der Waals surface area contributed by atoms with Crippen LogP contribution in [-0.4, -0.2) is 11.2 Å². The van der Waals surface area contributed by atoms with Crippen LogP contribution in [0, 0.1) is 5.92 Å². The van der Waals surface area contributed by atoms with E-state index in [0.29, 0.717) is 0 Å². The molecule has 6 heteroatoms. The van der Waals surface area contributed by atoms with Crippen molar-refractivity contribution < 1.29 is 9.47 Å². The lowest BCUT2D eigenvalue weighted by Crippen LogP contribution is -2.30. The number of para-hydroxylation sites is 6. The number of aromatic nitrogens is 1. The third kappa shape index (κ3) is 3.53. The number of fused-ring (bicyclic) bond motifs is 6. The molecular formula is C37H30N4O2. The van der Waals surface area contributed by atoms with Crippen LogP contribution < -0.4 is 19.3 Å². The first kappa shape index (κ1) is 24.5. The second-order valence-electron chi connectivity index (χ2n) is 12.2. The fourth-order valence-corrected chi connectivity index (χ4v) is 7.32. The summed E-state index contributed by atoms with van der Waals surface area (Å²) in [6.07, 6.45) is 12.8. The molecule has 0 saturated carbocycles. The van der Waals surface area contributed by atoms with Gasteiger partial charge in [-0.3, -0.25) is 9.80 Å². The fourth-order valence-electron chi connectivity index (χ4n) is 7.32. The Bertz CT molecular complexity index is 1910. The average molecular weight is 563 g/mol. The minimum absolute atomic E-state index is 0.147. The van der Waals surface area contributed by atoms with Crippen molar-refractivity contribution in [1.29, 1.82) is 0 Å². The molecule has 2 unspecified atom stereocenters. The summed E-state index contributed by atoms with van der Waals surface area (Å²) in [5.74, 6) is 5.75. The number of anilines is 4. The molecule has 0 N–H and O–H groups in total. The summed E-state index contributed by atoms with van der Waals surface area (Å²) in [6.45, 7) is 4.71. The molecule has 4 aromatic rings. The Hall–Kier alpha value is -5.10. The molecule has 5 aliphatic rings. The second kappa shape index (κ2) is 8.95. The van der Waals surface area contributed by atoms with Gasteiger partial charge in [-0.15, -0.1) is 0 Å². The number of ether oxygens (including phenoxy) is 2. The van der Waals surface area contributed by atoms with Crippen LogP contribution in [-0.2, 0) is 5.41 Å². The van der Waals surface area contributed by atoms with Crippen LogP contribution in [0.5, 0.6) is 17.2 Å². The molecule has 0 bridgehead atoms. The molecule has 6 nitrogen and oxygen atoms in total. The van der Waals surface area contributed by atoms with Crippen molar-refractivity contribution in [3.05, 3.63) is 132 Å². The molecule has 2 atom stereocenters. The predicted octanol–water partition coefficient (Wildman–Crippen LogP) is 9.03. The van der Waals surface area contributed by atoms with Gasteiger partial charge in [-0.2, -0.15) is 0 Å². The van der Waals surface area contributed by atoms with Crippen molar-refractivity contribution in [1.82, 2.24) is 4.98 Å². The lowest BCUT2D eigenvalue weighted by Gasteiger charge is -2.36. The first-order chi connectivity index (χ1) is 21.1. The number of nitrogens with zero attached hydrogens (tertiary/aromatic N) is 4. The maximum atomic E-state index is 6.34. The van der Waals surface area contributed by atoms with E-state index in [1.807, 2.05) is 48.5 Å². The van der Waals surface area contributed by atoms with E-state index in [0.717, 1.165) is 70.2 Å². The highest BCUT2D eigenvalue weighted by molar-refractivity contribution is 5.84. The smallest absolute Gasteiger partial charge is 0.151 e. The first-order valence-electron chi connectivity index (χ1n) is 15.0. The predicted molar refractivity (Wildman–Crippen MR) is 170 cm³/mol. The maximum absolute atomic E-state index is 6.34. The van der Waals surface area contributed by atoms with Crippen molar-refractivity contribution in [2.75, 3.05) is 9.80 Å². The molecule has 0 amide bonds. The fraction of sp³-hybridized carbons (Fsp3) is 0.189. The third-order valence-corrected chi connectivity index (χ3v) is 9.46. The lowest BCUT2D eigenvalue weighted by atomic mass is 9.75. The Morgan fingerprint density at radius 3 is 2.19 bits per heavy atom. The van der Waals surface area contributed by atoms with Crippen LogP contribution in [0.15, 0.2) is 126 Å². The molecule has 9 rings (SSSR count). The van der Waals surface area contributed by atoms with Crippen molar-refractivity contribution >= 4 is 29.1 Å². The minimum atomic E-state index is -0.147. The average Bonchev–Trinajstić information content (AvgIpc) is 3.27. The Kier molecular flexibility index (Phi) is 5.10. The van der Waals surface area contributed by atoms with Crippen molar-refractivity contribution in [2.24, 2.45) is 10.9 Å². The van der Waals surface area contributed by atoms with E-state index < -0.39 is 0 Å². The van der Waals surface area contributed by atoms with Gasteiger partial charge in [-0.1, -0.05) is 56.3 Å². The van der Waals surface area contributed by atoms with E-state index in [4.69, 9.17) is 19.5 Å². The first-order valence-corrected chi connectivity index (χ1v) is 15.0. The van der Waals surface area contributed by atoms with E-state index in [9.17, 15) is 0 Å². The molecule has 1 aromatic heterocycles. The molecule has 43 heavy (non-hydrogen) atoms. The lowest BCUT2D eigenvalue weighted by molar-refractivity contribution is 0.388. The monoisotopic (exact) mass is 562 g/mol. The molecule has 0 spiro atoms. The normalized spacial score (nSPS) is 21.9. The summed E-state index contributed by atoms with van der Waals surface area (Å²) in [5, 5.41) is 0. The molecule has 3 aromatic carbocycles. The van der Waals surface area contributed by atoms with Crippen molar-refractivity contribution in [3.63, 3.8) is 0 Å². The maximum Gasteiger partial charge on any atom is 0.151 e. The zero-order valence-electron chi connectivity index (χ0n) is 24.1. The number of hydrogen-bond donors (Lipinski definition) is 0. The summed E-state index contributed by atoms with van der Waals surface area (Å²) < 4.78 is 12.6. The highest BCUT2D eigenvalue weighted by Gasteiger charge is 2.47. The molecule has 4 heterocycles. The molecule has 0 saturated heterocycles. The zero-order chi connectivity index (χ0) is 28.7. The van der Waals surface area contributed by atoms with E-state index in [1.54, 1.807) is 0 Å². The van der Waals surface area contributed by atoms with Crippen LogP contribution in [0.3, 0.4) is 0 Å². The summed E-state index contributed by atoms with van der Waals surface area (Å²) in [4.78, 5) is 14.7. The molecule has 0 radical (unpaired) electrons. The summed E-state index contributed by atoms with van der Waals surface area (Å²) in [5.41, 5.74) is 6.49. The van der Waals surface area contributed by atoms with Gasteiger partial charge in [0.15, 0.2) is 17.2 Å². The van der Waals surface area contributed by atoms with E-state index in [1.165, 1.54) is 11.1 Å². The van der Waals surface area contributed by atoms with Gasteiger partial charge in [0.1, 0.15) is 17.4 Å². The topological polar surface area (TPSA) is 50.2 Å². The standard InChI is InChI=1S/C37H30N4O2/c1-37(2)25-19-35(40-27-11-3-7-15-31(27)42-32-16-8-4-12-28(32)40)38-21-23(25)24-22-39-36(20-26(24)37)41-29-13-5-9-17-33(29)43-34-18-10-6-14-30(34)41/h3-9,11-17,19-23,25H,10,18H2,1-2H3. The van der Waals surface area contributed by atoms with Crippen LogP contribution in [0.25, 0.3) is 0 Å². The summed E-state index contributed by atoms with van der Waals surface area (Å²) in [6, 6.07) is 26.9. The molecular weight excluding hydrogens is 532 g/mol. The number of pyridine rings is 1. The van der Waals surface area contributed by atoms with Gasteiger partial charge in [0.25, 0.3) is 0 Å². The molecule has 210 valence electrons. The Balaban J connectivity index is 1.14. The van der Waals surface area contributed by atoms with Crippen LogP contribution >= 0.6 is 0 Å². The number of hydrogen-bond acceptors (Lipinski definition) is 6. The minimum Gasteiger partial charge on any atom is -0.457 e. The van der Waals surface area contributed by atoms with E-state index in [2.05, 4.69) is 84.6 Å². The molecule has 3 aliphatic heterocycles. The van der Waals surface area contributed by atoms with Gasteiger partial charge in [0.05, 0.1) is 22.8 Å². The SMILES string of the molecule is CC1(C)c2cc(N3C4=C(CCC=C4)Oc4ccccc43)ncc2C2C=NC(N3c4ccccc4Oc4ccccc43)=CC21. The summed E-state index contributed by atoms with van der Waals surface area (Å²) in [7, 11) is 0. The van der Waals surface area contributed by atoms with Crippen LogP contribution in [0.1, 0.15) is 43.7 Å². The number of allylic oxidation sites excluding steroid dienone is 4. The van der Waals surface area contributed by atoms with Gasteiger partial charge in [-0.05, 0) is 77.6 Å². The van der Waals surface area contributed by atoms with E-state index >= 15 is 0 Å². The Labute approximate surface area is 250 Å². The zero-order valence-corrected chi connectivity index (χ0v) is 24.1. The number of rotatable bonds is 2. The Morgan fingerprint density at radius 2 is 1.47 bits per heavy atom. The largest absolute Gasteiger partial charge is 0.457 e. The van der Waals surface area contributed by atoms with Crippen LogP contribution in [0.4, 0.5) is 22.9 Å². The summed E-state index contributed by atoms with van der Waals surface area (Å²) >= 11 is 0. The van der Waals surface area contributed by atoms with Gasteiger partial charge >= 0.3 is 0 Å². The van der Waals surface area contributed by atoms with E-state index in [-0.39, 0.29) is 17.3 Å². The van der Waals surface area contributed by atoms with Gasteiger partial charge < -0.3 is 9.47 Å². The van der Waals surface area contributed by atoms with Crippen molar-refractivity contribution in [2.45, 2.75) is 38.0 Å². The molecule has 0 fully saturated rings. The Morgan fingerprint density at radius 1 is 0.814 bits per heavy atom. The third-order valence-electron chi connectivity index (χ3n) is 9.46.